The van der Waals surface area contributed by atoms with Gasteiger partial charge in [-0.2, -0.15) is 0 Å². The number of nitrogens with zero attached hydrogens (tertiary/aromatic N) is 1. The van der Waals surface area contributed by atoms with Crippen LogP contribution in [0.3, 0.4) is 0 Å². The van der Waals surface area contributed by atoms with Crippen molar-refractivity contribution in [1.82, 2.24) is 15.6 Å². The maximum absolute atomic E-state index is 12.2. The van der Waals surface area contributed by atoms with Gasteiger partial charge < -0.3 is 21.1 Å². The first-order chi connectivity index (χ1) is 12.3. The molecule has 4 N–H and O–H groups in total. The van der Waals surface area contributed by atoms with E-state index in [1.54, 1.807) is 29.6 Å². The third-order valence-electron chi connectivity index (χ3n) is 3.34. The summed E-state index contributed by atoms with van der Waals surface area (Å²) in [4.78, 5) is 39.7. The summed E-state index contributed by atoms with van der Waals surface area (Å²) in [6, 6.07) is 6.22. The minimum Gasteiger partial charge on any atom is -0.467 e. The standard InChI is InChI=1S/C17H18N4O4S/c1-9(14(22)20-10(2)17(24)25-3)19-15(23)13-8-26-16(21-13)11-4-6-12(18)7-5-11/h4-8,10H,1,18H2,2-3H3,(H,19,23)(H,20,22). The number of carbonyl (C=O) groups excluding carboxylic acids is 3. The van der Waals surface area contributed by atoms with E-state index in [-0.39, 0.29) is 11.4 Å². The van der Waals surface area contributed by atoms with Crippen LogP contribution in [-0.2, 0) is 14.3 Å². The van der Waals surface area contributed by atoms with Gasteiger partial charge in [-0.15, -0.1) is 11.3 Å². The molecule has 9 heteroatoms. The quantitative estimate of drug-likeness (QED) is 0.398. The third-order valence-corrected chi connectivity index (χ3v) is 4.23. The van der Waals surface area contributed by atoms with Crippen LogP contribution in [-0.4, -0.2) is 35.9 Å². The molecule has 0 spiro atoms. The zero-order chi connectivity index (χ0) is 19.3. The number of carbonyl (C=O) groups is 3. The summed E-state index contributed by atoms with van der Waals surface area (Å²) in [7, 11) is 1.21. The van der Waals surface area contributed by atoms with Crippen LogP contribution < -0.4 is 16.4 Å². The molecule has 2 amide bonds. The molecule has 1 unspecified atom stereocenters. The van der Waals surface area contributed by atoms with Crippen molar-refractivity contribution in [2.24, 2.45) is 0 Å². The zero-order valence-electron chi connectivity index (χ0n) is 14.2. The molecule has 1 aromatic carbocycles. The van der Waals surface area contributed by atoms with Crippen molar-refractivity contribution in [2.45, 2.75) is 13.0 Å². The number of thiazole rings is 1. The molecule has 0 aliphatic rings. The van der Waals surface area contributed by atoms with Crippen molar-refractivity contribution in [1.29, 1.82) is 0 Å². The van der Waals surface area contributed by atoms with E-state index in [1.807, 2.05) is 0 Å². The fourth-order valence-electron chi connectivity index (χ4n) is 1.91. The van der Waals surface area contributed by atoms with Crippen molar-refractivity contribution in [3.8, 4) is 10.6 Å². The van der Waals surface area contributed by atoms with E-state index in [0.717, 1.165) is 5.56 Å². The van der Waals surface area contributed by atoms with E-state index in [0.29, 0.717) is 10.7 Å². The Bertz CT molecular complexity index is 845. The van der Waals surface area contributed by atoms with Crippen LogP contribution in [0.4, 0.5) is 5.69 Å². The topological polar surface area (TPSA) is 123 Å². The second-order valence-corrected chi connectivity index (χ2v) is 6.17. The molecule has 0 saturated carbocycles. The highest BCUT2D eigenvalue weighted by Gasteiger charge is 2.20. The zero-order valence-corrected chi connectivity index (χ0v) is 15.1. The Morgan fingerprint density at radius 3 is 2.54 bits per heavy atom. The van der Waals surface area contributed by atoms with Crippen molar-refractivity contribution >= 4 is 34.8 Å². The number of anilines is 1. The molecule has 2 rings (SSSR count). The number of hydrogen-bond acceptors (Lipinski definition) is 7. The Balaban J connectivity index is 1.99. The van der Waals surface area contributed by atoms with Gasteiger partial charge in [0.05, 0.1) is 12.8 Å². The highest BCUT2D eigenvalue weighted by molar-refractivity contribution is 7.13. The molecule has 0 fully saturated rings. The molecule has 0 saturated heterocycles. The fourth-order valence-corrected chi connectivity index (χ4v) is 2.72. The lowest BCUT2D eigenvalue weighted by atomic mass is 10.2. The minimum absolute atomic E-state index is 0.150. The van der Waals surface area contributed by atoms with Gasteiger partial charge in [0.2, 0.25) is 0 Å². The minimum atomic E-state index is -0.863. The van der Waals surface area contributed by atoms with E-state index in [2.05, 4.69) is 26.9 Å². The van der Waals surface area contributed by atoms with Crippen molar-refractivity contribution < 1.29 is 19.1 Å². The van der Waals surface area contributed by atoms with Crippen LogP contribution in [0.5, 0.6) is 0 Å². The molecule has 26 heavy (non-hydrogen) atoms. The van der Waals surface area contributed by atoms with Gasteiger partial charge in [0.25, 0.3) is 11.8 Å². The Labute approximate surface area is 154 Å². The fraction of sp³-hybridized carbons (Fsp3) is 0.176. The largest absolute Gasteiger partial charge is 0.467 e. The van der Waals surface area contributed by atoms with E-state index in [9.17, 15) is 14.4 Å². The molecule has 0 radical (unpaired) electrons. The first-order valence-corrected chi connectivity index (χ1v) is 8.40. The lowest BCUT2D eigenvalue weighted by Crippen LogP contribution is -2.42. The maximum atomic E-state index is 12.2. The molecule has 0 aliphatic carbocycles. The Morgan fingerprint density at radius 2 is 1.92 bits per heavy atom. The maximum Gasteiger partial charge on any atom is 0.328 e. The second-order valence-electron chi connectivity index (χ2n) is 5.31. The lowest BCUT2D eigenvalue weighted by molar-refractivity contribution is -0.144. The molecule has 2 aromatic rings. The summed E-state index contributed by atoms with van der Waals surface area (Å²) in [5.41, 5.74) is 7.05. The van der Waals surface area contributed by atoms with Crippen LogP contribution in [0.15, 0.2) is 41.9 Å². The van der Waals surface area contributed by atoms with Gasteiger partial charge in [0, 0.05) is 16.6 Å². The Hall–Kier alpha value is -3.20. The monoisotopic (exact) mass is 374 g/mol. The van der Waals surface area contributed by atoms with E-state index >= 15 is 0 Å². The van der Waals surface area contributed by atoms with Crippen molar-refractivity contribution in [3.63, 3.8) is 0 Å². The van der Waals surface area contributed by atoms with Crippen LogP contribution in [0.2, 0.25) is 0 Å². The number of nitrogen functional groups attached to an aromatic ring is 1. The van der Waals surface area contributed by atoms with Crippen molar-refractivity contribution in [3.05, 3.63) is 47.6 Å². The van der Waals surface area contributed by atoms with Crippen molar-refractivity contribution in [2.75, 3.05) is 12.8 Å². The van der Waals surface area contributed by atoms with Gasteiger partial charge >= 0.3 is 5.97 Å². The van der Waals surface area contributed by atoms with E-state index in [4.69, 9.17) is 5.73 Å². The predicted octanol–water partition coefficient (Wildman–Crippen LogP) is 1.31. The normalized spacial score (nSPS) is 11.3. The average Bonchev–Trinajstić information content (AvgIpc) is 3.11. The number of ether oxygens (including phenoxy) is 1. The predicted molar refractivity (Wildman–Crippen MR) is 98.2 cm³/mol. The molecular weight excluding hydrogens is 356 g/mol. The summed E-state index contributed by atoms with van der Waals surface area (Å²) in [5, 5.41) is 6.94. The highest BCUT2D eigenvalue weighted by atomic mass is 32.1. The summed E-state index contributed by atoms with van der Waals surface area (Å²) >= 11 is 1.29. The number of benzene rings is 1. The number of rotatable bonds is 6. The summed E-state index contributed by atoms with van der Waals surface area (Å²) < 4.78 is 4.51. The van der Waals surface area contributed by atoms with Gasteiger partial charge in [0.1, 0.15) is 16.7 Å². The third kappa shape index (κ3) is 4.67. The van der Waals surface area contributed by atoms with Crippen LogP contribution >= 0.6 is 11.3 Å². The SMILES string of the molecule is C=C(NC(=O)c1csc(-c2ccc(N)cc2)n1)C(=O)NC(C)C(=O)OC. The molecular formula is C17H18N4O4S. The Kier molecular flexibility index (Phi) is 6.07. The van der Waals surface area contributed by atoms with Gasteiger partial charge in [-0.05, 0) is 31.2 Å². The number of hydrogen-bond donors (Lipinski definition) is 3. The van der Waals surface area contributed by atoms with Crippen LogP contribution in [0, 0.1) is 0 Å². The Morgan fingerprint density at radius 1 is 1.27 bits per heavy atom. The molecule has 8 nitrogen and oxygen atoms in total. The summed E-state index contributed by atoms with van der Waals surface area (Å²) in [6.45, 7) is 4.96. The first kappa shape index (κ1) is 19.1. The second kappa shape index (κ2) is 8.26. The number of nitrogens with two attached hydrogens (primary N) is 1. The van der Waals surface area contributed by atoms with E-state index < -0.39 is 23.8 Å². The average molecular weight is 374 g/mol. The molecule has 0 aliphatic heterocycles. The summed E-state index contributed by atoms with van der Waals surface area (Å²) in [6.07, 6.45) is 0. The molecule has 136 valence electrons. The molecule has 1 aromatic heterocycles. The van der Waals surface area contributed by atoms with Gasteiger partial charge in [-0.25, -0.2) is 9.78 Å². The van der Waals surface area contributed by atoms with Crippen LogP contribution in [0.1, 0.15) is 17.4 Å². The summed E-state index contributed by atoms with van der Waals surface area (Å²) in [5.74, 6) is -1.87. The molecule has 1 atom stereocenters. The van der Waals surface area contributed by atoms with Gasteiger partial charge in [-0.1, -0.05) is 6.58 Å². The molecule has 0 bridgehead atoms. The number of esters is 1. The van der Waals surface area contributed by atoms with E-state index in [1.165, 1.54) is 25.4 Å². The highest BCUT2D eigenvalue weighted by Crippen LogP contribution is 2.24. The first-order valence-electron chi connectivity index (χ1n) is 7.52. The van der Waals surface area contributed by atoms with Gasteiger partial charge in [0.15, 0.2) is 0 Å². The number of amides is 2. The smallest absolute Gasteiger partial charge is 0.328 e. The number of methoxy groups -OCH3 is 1. The number of nitrogens with one attached hydrogen (secondary N) is 2. The molecule has 1 heterocycles. The lowest BCUT2D eigenvalue weighted by Gasteiger charge is -2.13. The number of aromatic nitrogens is 1. The van der Waals surface area contributed by atoms with Gasteiger partial charge in [-0.3, -0.25) is 9.59 Å². The van der Waals surface area contributed by atoms with Crippen LogP contribution in [0.25, 0.3) is 10.6 Å².